The fraction of sp³-hybridized carbons (Fsp3) is 0.444. The first kappa shape index (κ1) is 13.1. The highest BCUT2D eigenvalue weighted by Crippen LogP contribution is 2.23. The molecule has 1 aliphatic rings. The summed E-state index contributed by atoms with van der Waals surface area (Å²) in [7, 11) is 0. The van der Waals surface area contributed by atoms with Crippen LogP contribution in [-0.2, 0) is 9.53 Å². The van der Waals surface area contributed by atoms with Crippen molar-refractivity contribution in [2.75, 3.05) is 18.0 Å². The van der Waals surface area contributed by atoms with Crippen molar-refractivity contribution in [3.63, 3.8) is 0 Å². The van der Waals surface area contributed by atoms with Crippen LogP contribution in [0.2, 0.25) is 0 Å². The van der Waals surface area contributed by atoms with Crippen molar-refractivity contribution in [2.45, 2.75) is 12.3 Å². The number of carbonyl (C=O) groups excluding carboxylic acids is 1. The average Bonchev–Trinajstić information content (AvgIpc) is 2.23. The molecule has 98 valence electrons. The quantitative estimate of drug-likeness (QED) is 0.772. The SMILES string of the molecule is O=C(OC1CN(c2ncc(Br)cn2)C1)C(F)(F)F. The summed E-state index contributed by atoms with van der Waals surface area (Å²) in [5.41, 5.74) is 0. The van der Waals surface area contributed by atoms with Gasteiger partial charge < -0.3 is 9.64 Å². The Morgan fingerprint density at radius 3 is 2.44 bits per heavy atom. The van der Waals surface area contributed by atoms with Gasteiger partial charge in [0.05, 0.1) is 17.6 Å². The first-order valence-corrected chi connectivity index (χ1v) is 5.66. The molecule has 0 aliphatic carbocycles. The molecule has 0 saturated carbocycles. The van der Waals surface area contributed by atoms with E-state index in [9.17, 15) is 18.0 Å². The summed E-state index contributed by atoms with van der Waals surface area (Å²) in [6.07, 6.45) is -2.67. The van der Waals surface area contributed by atoms with E-state index in [1.807, 2.05) is 0 Å². The number of anilines is 1. The number of hydrogen-bond acceptors (Lipinski definition) is 5. The van der Waals surface area contributed by atoms with Crippen LogP contribution in [0.3, 0.4) is 0 Å². The Morgan fingerprint density at radius 1 is 1.39 bits per heavy atom. The van der Waals surface area contributed by atoms with Crippen molar-refractivity contribution in [1.29, 1.82) is 0 Å². The van der Waals surface area contributed by atoms with Gasteiger partial charge in [0.1, 0.15) is 6.10 Å². The molecule has 0 spiro atoms. The van der Waals surface area contributed by atoms with Gasteiger partial charge in [-0.15, -0.1) is 0 Å². The fourth-order valence-corrected chi connectivity index (χ4v) is 1.57. The molecule has 1 aromatic heterocycles. The minimum atomic E-state index is -4.95. The predicted molar refractivity (Wildman–Crippen MR) is 57.9 cm³/mol. The number of rotatable bonds is 2. The van der Waals surface area contributed by atoms with Crippen molar-refractivity contribution in [1.82, 2.24) is 9.97 Å². The van der Waals surface area contributed by atoms with Crippen LogP contribution >= 0.6 is 15.9 Å². The van der Waals surface area contributed by atoms with Crippen LogP contribution in [0.4, 0.5) is 19.1 Å². The van der Waals surface area contributed by atoms with E-state index in [0.29, 0.717) is 10.4 Å². The first-order valence-electron chi connectivity index (χ1n) is 4.86. The lowest BCUT2D eigenvalue weighted by molar-refractivity contribution is -0.205. The monoisotopic (exact) mass is 325 g/mol. The molecule has 0 N–H and O–H groups in total. The number of halogens is 4. The van der Waals surface area contributed by atoms with Crippen LogP contribution in [0, 0.1) is 0 Å². The summed E-state index contributed by atoms with van der Waals surface area (Å²) in [6.45, 7) is 0.312. The molecule has 0 amide bonds. The van der Waals surface area contributed by atoms with E-state index in [1.165, 1.54) is 12.4 Å². The van der Waals surface area contributed by atoms with Gasteiger partial charge in [0.15, 0.2) is 0 Å². The van der Waals surface area contributed by atoms with E-state index in [4.69, 9.17) is 0 Å². The average molecular weight is 326 g/mol. The Kier molecular flexibility index (Phi) is 3.42. The maximum absolute atomic E-state index is 11.9. The molecular weight excluding hydrogens is 319 g/mol. The van der Waals surface area contributed by atoms with E-state index in [1.54, 1.807) is 4.90 Å². The zero-order valence-corrected chi connectivity index (χ0v) is 10.4. The zero-order valence-electron chi connectivity index (χ0n) is 8.82. The highest BCUT2D eigenvalue weighted by Gasteiger charge is 2.44. The molecular formula is C9H7BrF3N3O2. The fourth-order valence-electron chi connectivity index (χ4n) is 1.36. The van der Waals surface area contributed by atoms with Crippen molar-refractivity contribution in [3.8, 4) is 0 Å². The lowest BCUT2D eigenvalue weighted by Crippen LogP contribution is -2.54. The molecule has 0 radical (unpaired) electrons. The maximum Gasteiger partial charge on any atom is 0.490 e. The highest BCUT2D eigenvalue weighted by atomic mass is 79.9. The number of aromatic nitrogens is 2. The third-order valence-corrected chi connectivity index (χ3v) is 2.65. The van der Waals surface area contributed by atoms with Gasteiger partial charge in [-0.1, -0.05) is 0 Å². The molecule has 1 aromatic rings. The second-order valence-electron chi connectivity index (χ2n) is 3.63. The van der Waals surface area contributed by atoms with Crippen LogP contribution in [0.25, 0.3) is 0 Å². The summed E-state index contributed by atoms with van der Waals surface area (Å²) in [5.74, 6) is -1.78. The minimum absolute atomic E-state index is 0.156. The highest BCUT2D eigenvalue weighted by molar-refractivity contribution is 9.10. The third-order valence-electron chi connectivity index (χ3n) is 2.24. The van der Waals surface area contributed by atoms with Crippen molar-refractivity contribution >= 4 is 27.8 Å². The predicted octanol–water partition coefficient (Wildman–Crippen LogP) is 1.53. The Hall–Kier alpha value is -1.38. The first-order chi connectivity index (χ1) is 8.36. The van der Waals surface area contributed by atoms with E-state index in [0.717, 1.165) is 0 Å². The molecule has 1 fully saturated rings. The summed E-state index contributed by atoms with van der Waals surface area (Å²) in [4.78, 5) is 20.1. The van der Waals surface area contributed by atoms with Gasteiger partial charge >= 0.3 is 12.1 Å². The van der Waals surface area contributed by atoms with Crippen LogP contribution in [-0.4, -0.2) is 41.3 Å². The molecule has 18 heavy (non-hydrogen) atoms. The van der Waals surface area contributed by atoms with Crippen LogP contribution < -0.4 is 4.90 Å². The standard InChI is InChI=1S/C9H7BrF3N3O2/c10-5-1-14-8(15-2-5)16-3-6(4-16)18-7(17)9(11,12)13/h1-2,6H,3-4H2. The Bertz CT molecular complexity index is 445. The summed E-state index contributed by atoms with van der Waals surface area (Å²) < 4.78 is 40.7. The van der Waals surface area contributed by atoms with E-state index < -0.39 is 18.2 Å². The normalized spacial score (nSPS) is 16.3. The summed E-state index contributed by atoms with van der Waals surface area (Å²) in [5, 5.41) is 0. The number of hydrogen-bond donors (Lipinski definition) is 0. The molecule has 9 heteroatoms. The Balaban J connectivity index is 1.84. The summed E-state index contributed by atoms with van der Waals surface area (Å²) >= 11 is 3.16. The molecule has 2 rings (SSSR count). The van der Waals surface area contributed by atoms with Crippen LogP contribution in [0.5, 0.6) is 0 Å². The lowest BCUT2D eigenvalue weighted by atomic mass is 10.2. The van der Waals surface area contributed by atoms with Gasteiger partial charge in [0, 0.05) is 12.4 Å². The van der Waals surface area contributed by atoms with Gasteiger partial charge in [0.2, 0.25) is 5.95 Å². The minimum Gasteiger partial charge on any atom is -0.452 e. The number of esters is 1. The topological polar surface area (TPSA) is 55.3 Å². The largest absolute Gasteiger partial charge is 0.490 e. The van der Waals surface area contributed by atoms with E-state index in [-0.39, 0.29) is 13.1 Å². The Labute approximate surface area is 108 Å². The smallest absolute Gasteiger partial charge is 0.452 e. The molecule has 0 bridgehead atoms. The lowest BCUT2D eigenvalue weighted by Gasteiger charge is -2.38. The van der Waals surface area contributed by atoms with Crippen molar-refractivity contribution in [2.24, 2.45) is 0 Å². The number of alkyl halides is 3. The van der Waals surface area contributed by atoms with E-state index >= 15 is 0 Å². The Morgan fingerprint density at radius 2 is 1.94 bits per heavy atom. The third kappa shape index (κ3) is 2.89. The van der Waals surface area contributed by atoms with Gasteiger partial charge in [-0.05, 0) is 15.9 Å². The molecule has 1 saturated heterocycles. The zero-order chi connectivity index (χ0) is 13.3. The second kappa shape index (κ2) is 4.71. The van der Waals surface area contributed by atoms with Crippen LogP contribution in [0.15, 0.2) is 16.9 Å². The van der Waals surface area contributed by atoms with Crippen LogP contribution in [0.1, 0.15) is 0 Å². The molecule has 0 aromatic carbocycles. The van der Waals surface area contributed by atoms with Crippen molar-refractivity contribution in [3.05, 3.63) is 16.9 Å². The van der Waals surface area contributed by atoms with Gasteiger partial charge in [-0.2, -0.15) is 13.2 Å². The molecule has 2 heterocycles. The number of ether oxygens (including phenoxy) is 1. The van der Waals surface area contributed by atoms with E-state index in [2.05, 4.69) is 30.6 Å². The van der Waals surface area contributed by atoms with Gasteiger partial charge in [-0.3, -0.25) is 0 Å². The second-order valence-corrected chi connectivity index (χ2v) is 4.55. The van der Waals surface area contributed by atoms with Gasteiger partial charge in [0.25, 0.3) is 0 Å². The number of nitrogens with zero attached hydrogens (tertiary/aromatic N) is 3. The molecule has 1 aliphatic heterocycles. The van der Waals surface area contributed by atoms with Gasteiger partial charge in [-0.25, -0.2) is 14.8 Å². The summed E-state index contributed by atoms with van der Waals surface area (Å²) in [6, 6.07) is 0. The number of carbonyl (C=O) groups is 1. The van der Waals surface area contributed by atoms with Crippen molar-refractivity contribution < 1.29 is 22.7 Å². The maximum atomic E-state index is 11.9. The molecule has 0 unspecified atom stereocenters. The molecule has 5 nitrogen and oxygen atoms in total. The molecule has 0 atom stereocenters.